The van der Waals surface area contributed by atoms with Gasteiger partial charge in [0.25, 0.3) is 0 Å². The lowest BCUT2D eigenvalue weighted by atomic mass is 9.99. The average Bonchev–Trinajstić information content (AvgIpc) is 2.88. The van der Waals surface area contributed by atoms with Crippen LogP contribution in [0.5, 0.6) is 0 Å². The van der Waals surface area contributed by atoms with Gasteiger partial charge in [0, 0.05) is 11.1 Å². The van der Waals surface area contributed by atoms with Crippen LogP contribution in [0.3, 0.4) is 0 Å². The number of fused-ring (bicyclic) bond motifs is 1. The number of aryl methyl sites for hydroxylation is 2. The molecule has 0 bridgehead atoms. The van der Waals surface area contributed by atoms with Gasteiger partial charge in [0.15, 0.2) is 17.4 Å². The summed E-state index contributed by atoms with van der Waals surface area (Å²) in [5.74, 6) is -2.20. The fourth-order valence-electron chi connectivity index (χ4n) is 2.52. The zero-order valence-electron chi connectivity index (χ0n) is 10.2. The summed E-state index contributed by atoms with van der Waals surface area (Å²) in [6, 6.07) is 8.82. The minimum absolute atomic E-state index is 0.178. The van der Waals surface area contributed by atoms with E-state index in [2.05, 4.69) is 0 Å². The maximum atomic E-state index is 13.1. The molecule has 0 heterocycles. The lowest BCUT2D eigenvalue weighted by molar-refractivity contribution is 0.103. The highest BCUT2D eigenvalue weighted by molar-refractivity contribution is 6.09. The minimum Gasteiger partial charge on any atom is -0.289 e. The van der Waals surface area contributed by atoms with Crippen LogP contribution in [0.4, 0.5) is 8.78 Å². The number of rotatable bonds is 2. The molecule has 19 heavy (non-hydrogen) atoms. The van der Waals surface area contributed by atoms with Gasteiger partial charge in [-0.3, -0.25) is 4.79 Å². The van der Waals surface area contributed by atoms with E-state index in [4.69, 9.17) is 0 Å². The van der Waals surface area contributed by atoms with E-state index < -0.39 is 11.6 Å². The first kappa shape index (κ1) is 12.0. The first-order valence-electron chi connectivity index (χ1n) is 6.27. The van der Waals surface area contributed by atoms with E-state index in [0.717, 1.165) is 31.4 Å². The van der Waals surface area contributed by atoms with E-state index in [1.165, 1.54) is 17.2 Å². The zero-order valence-corrected chi connectivity index (χ0v) is 10.2. The Morgan fingerprint density at radius 3 is 2.32 bits per heavy atom. The molecule has 96 valence electrons. The Morgan fingerprint density at radius 2 is 1.53 bits per heavy atom. The molecule has 0 spiro atoms. The van der Waals surface area contributed by atoms with Crippen molar-refractivity contribution in [1.29, 1.82) is 0 Å². The summed E-state index contributed by atoms with van der Waals surface area (Å²) in [7, 11) is 0. The normalized spacial score (nSPS) is 13.4. The predicted octanol–water partition coefficient (Wildman–Crippen LogP) is 3.68. The molecule has 1 aliphatic carbocycles. The van der Waals surface area contributed by atoms with Gasteiger partial charge in [-0.15, -0.1) is 0 Å². The van der Waals surface area contributed by atoms with Crippen LogP contribution in [0.25, 0.3) is 0 Å². The Hall–Kier alpha value is -2.03. The maximum Gasteiger partial charge on any atom is 0.193 e. The van der Waals surface area contributed by atoms with Crippen molar-refractivity contribution in [2.75, 3.05) is 0 Å². The summed E-state index contributed by atoms with van der Waals surface area (Å²) in [6.45, 7) is 0. The molecule has 0 amide bonds. The van der Waals surface area contributed by atoms with Gasteiger partial charge in [0.05, 0.1) is 0 Å². The second kappa shape index (κ2) is 4.57. The van der Waals surface area contributed by atoms with Gasteiger partial charge in [-0.1, -0.05) is 12.1 Å². The Bertz CT molecular complexity index is 662. The monoisotopic (exact) mass is 258 g/mol. The fourth-order valence-corrected chi connectivity index (χ4v) is 2.52. The maximum absolute atomic E-state index is 13.1. The highest BCUT2D eigenvalue weighted by Crippen LogP contribution is 2.24. The molecule has 0 unspecified atom stereocenters. The van der Waals surface area contributed by atoms with Crippen LogP contribution in [0.1, 0.15) is 33.5 Å². The van der Waals surface area contributed by atoms with Crippen LogP contribution in [-0.2, 0) is 12.8 Å². The lowest BCUT2D eigenvalue weighted by Crippen LogP contribution is -2.03. The van der Waals surface area contributed by atoms with Crippen LogP contribution in [0.15, 0.2) is 36.4 Å². The SMILES string of the molecule is O=C(c1ccc(F)c(F)c1)c1ccc2c(c1)CCC2. The van der Waals surface area contributed by atoms with Crippen molar-refractivity contribution in [3.05, 3.63) is 70.3 Å². The molecule has 0 fully saturated rings. The Morgan fingerprint density at radius 1 is 0.842 bits per heavy atom. The predicted molar refractivity (Wildman–Crippen MR) is 68.3 cm³/mol. The number of halogens is 2. The third-order valence-corrected chi connectivity index (χ3v) is 3.54. The number of hydrogen-bond donors (Lipinski definition) is 0. The van der Waals surface area contributed by atoms with Gasteiger partial charge in [-0.05, 0) is 54.7 Å². The molecule has 0 atom stereocenters. The molecule has 0 radical (unpaired) electrons. The molecule has 1 nitrogen and oxygen atoms in total. The van der Waals surface area contributed by atoms with Gasteiger partial charge in [-0.25, -0.2) is 8.78 Å². The molecule has 0 saturated heterocycles. The van der Waals surface area contributed by atoms with Gasteiger partial charge in [0.1, 0.15) is 0 Å². The summed E-state index contributed by atoms with van der Waals surface area (Å²) in [6.07, 6.45) is 3.14. The van der Waals surface area contributed by atoms with Gasteiger partial charge >= 0.3 is 0 Å². The first-order chi connectivity index (χ1) is 9.15. The van der Waals surface area contributed by atoms with E-state index in [1.54, 1.807) is 6.07 Å². The van der Waals surface area contributed by atoms with E-state index in [0.29, 0.717) is 5.56 Å². The highest BCUT2D eigenvalue weighted by atomic mass is 19.2. The lowest BCUT2D eigenvalue weighted by Gasteiger charge is -2.05. The van der Waals surface area contributed by atoms with Crippen molar-refractivity contribution in [2.24, 2.45) is 0 Å². The summed E-state index contributed by atoms with van der Waals surface area (Å²) in [5, 5.41) is 0. The van der Waals surface area contributed by atoms with Crippen LogP contribution in [0, 0.1) is 11.6 Å². The zero-order chi connectivity index (χ0) is 13.4. The number of ketones is 1. The second-order valence-corrected chi connectivity index (χ2v) is 4.80. The standard InChI is InChI=1S/C16H12F2O/c17-14-7-6-13(9-15(14)18)16(19)12-5-4-10-2-1-3-11(10)8-12/h4-9H,1-3H2. The average molecular weight is 258 g/mol. The van der Waals surface area contributed by atoms with Gasteiger partial charge in [-0.2, -0.15) is 0 Å². The van der Waals surface area contributed by atoms with Crippen LogP contribution in [0.2, 0.25) is 0 Å². The molecule has 0 aliphatic heterocycles. The third kappa shape index (κ3) is 2.16. The topological polar surface area (TPSA) is 17.1 Å². The molecular formula is C16H12F2O. The Balaban J connectivity index is 1.97. The summed E-state index contributed by atoms with van der Waals surface area (Å²) in [5.41, 5.74) is 3.18. The number of hydrogen-bond acceptors (Lipinski definition) is 1. The Labute approximate surface area is 109 Å². The first-order valence-corrected chi connectivity index (χ1v) is 6.27. The molecular weight excluding hydrogens is 246 g/mol. The highest BCUT2D eigenvalue weighted by Gasteiger charge is 2.16. The molecule has 1 aliphatic rings. The van der Waals surface area contributed by atoms with Gasteiger partial charge in [0.2, 0.25) is 0 Å². The minimum atomic E-state index is -0.994. The van der Waals surface area contributed by atoms with Crippen molar-refractivity contribution in [3.63, 3.8) is 0 Å². The largest absolute Gasteiger partial charge is 0.289 e. The quantitative estimate of drug-likeness (QED) is 0.751. The van der Waals surface area contributed by atoms with Crippen molar-refractivity contribution >= 4 is 5.78 Å². The third-order valence-electron chi connectivity index (χ3n) is 3.54. The van der Waals surface area contributed by atoms with E-state index >= 15 is 0 Å². The molecule has 0 aromatic heterocycles. The summed E-state index contributed by atoms with van der Waals surface area (Å²) < 4.78 is 26.0. The van der Waals surface area contributed by atoms with Crippen LogP contribution in [-0.4, -0.2) is 5.78 Å². The van der Waals surface area contributed by atoms with Crippen molar-refractivity contribution < 1.29 is 13.6 Å². The molecule has 0 N–H and O–H groups in total. The molecule has 2 aromatic rings. The molecule has 3 heteroatoms. The van der Waals surface area contributed by atoms with Crippen LogP contribution >= 0.6 is 0 Å². The summed E-state index contributed by atoms with van der Waals surface area (Å²) >= 11 is 0. The number of carbonyl (C=O) groups is 1. The van der Waals surface area contributed by atoms with E-state index in [1.807, 2.05) is 12.1 Å². The van der Waals surface area contributed by atoms with Crippen molar-refractivity contribution in [2.45, 2.75) is 19.3 Å². The number of benzene rings is 2. The van der Waals surface area contributed by atoms with Crippen molar-refractivity contribution in [3.8, 4) is 0 Å². The van der Waals surface area contributed by atoms with Gasteiger partial charge < -0.3 is 0 Å². The second-order valence-electron chi connectivity index (χ2n) is 4.80. The van der Waals surface area contributed by atoms with Crippen molar-refractivity contribution in [1.82, 2.24) is 0 Å². The molecule has 2 aromatic carbocycles. The Kier molecular flexibility index (Phi) is 2.90. The van der Waals surface area contributed by atoms with E-state index in [9.17, 15) is 13.6 Å². The fraction of sp³-hybridized carbons (Fsp3) is 0.188. The summed E-state index contributed by atoms with van der Waals surface area (Å²) in [4.78, 5) is 12.2. The van der Waals surface area contributed by atoms with E-state index in [-0.39, 0.29) is 11.3 Å². The molecule has 0 saturated carbocycles. The smallest absolute Gasteiger partial charge is 0.193 e. The molecule has 3 rings (SSSR count). The van der Waals surface area contributed by atoms with Crippen LogP contribution < -0.4 is 0 Å². The number of carbonyl (C=O) groups excluding carboxylic acids is 1.